The quantitative estimate of drug-likeness (QED) is 0.848. The van der Waals surface area contributed by atoms with Gasteiger partial charge in [-0.15, -0.1) is 0 Å². The molecule has 26 heavy (non-hydrogen) atoms. The second kappa shape index (κ2) is 7.87. The van der Waals surface area contributed by atoms with Crippen LogP contribution in [0.5, 0.6) is 5.75 Å². The first-order valence-corrected chi connectivity index (χ1v) is 8.59. The Balaban J connectivity index is 1.71. The molecule has 1 saturated heterocycles. The summed E-state index contributed by atoms with van der Waals surface area (Å²) in [5, 5.41) is 9.22. The lowest BCUT2D eigenvalue weighted by Gasteiger charge is -2.36. The van der Waals surface area contributed by atoms with Crippen molar-refractivity contribution in [3.05, 3.63) is 59.4 Å². The van der Waals surface area contributed by atoms with E-state index in [0.717, 1.165) is 0 Å². The third-order valence-electron chi connectivity index (χ3n) is 4.40. The Morgan fingerprint density at radius 3 is 2.62 bits per heavy atom. The Labute approximate surface area is 152 Å². The number of anilines is 1. The Kier molecular flexibility index (Phi) is 5.37. The average molecular weight is 353 g/mol. The fourth-order valence-corrected chi connectivity index (χ4v) is 3.12. The molecule has 5 nitrogen and oxygen atoms in total. The van der Waals surface area contributed by atoms with Crippen molar-refractivity contribution in [3.8, 4) is 11.8 Å². The van der Waals surface area contributed by atoms with Crippen molar-refractivity contribution in [2.45, 2.75) is 6.92 Å². The van der Waals surface area contributed by atoms with Crippen LogP contribution < -0.4 is 9.64 Å². The smallest absolute Gasteiger partial charge is 0.257 e. The molecule has 3 rings (SSSR count). The summed E-state index contributed by atoms with van der Waals surface area (Å²) in [5.41, 5.74) is 1.57. The van der Waals surface area contributed by atoms with Gasteiger partial charge in [0.25, 0.3) is 5.91 Å². The predicted octanol–water partition coefficient (Wildman–Crippen LogP) is 3.06. The number of nitrogens with zero attached hydrogens (tertiary/aromatic N) is 3. The number of carbonyl (C=O) groups excluding carboxylic acids is 1. The Bertz CT molecular complexity index is 839. The molecule has 2 aromatic rings. The summed E-state index contributed by atoms with van der Waals surface area (Å²) in [6.45, 7) is 4.61. The average Bonchev–Trinajstić information content (AvgIpc) is 2.68. The molecule has 2 aromatic carbocycles. The molecule has 6 heteroatoms. The maximum atomic E-state index is 13.3. The summed E-state index contributed by atoms with van der Waals surface area (Å²) in [6.07, 6.45) is 0. The second-order valence-corrected chi connectivity index (χ2v) is 5.98. The first kappa shape index (κ1) is 17.7. The topological polar surface area (TPSA) is 56.6 Å². The minimum atomic E-state index is -0.424. The maximum Gasteiger partial charge on any atom is 0.257 e. The number of rotatable bonds is 4. The number of nitriles is 1. The summed E-state index contributed by atoms with van der Waals surface area (Å²) in [7, 11) is 0. The van der Waals surface area contributed by atoms with Crippen molar-refractivity contribution in [3.63, 3.8) is 0 Å². The lowest BCUT2D eigenvalue weighted by atomic mass is 10.1. The van der Waals surface area contributed by atoms with Crippen molar-refractivity contribution in [2.75, 3.05) is 37.7 Å². The number of ether oxygens (including phenoxy) is 1. The number of piperazine rings is 1. The Hall–Kier alpha value is -3.07. The number of para-hydroxylation sites is 1. The molecule has 1 heterocycles. The molecule has 1 fully saturated rings. The third kappa shape index (κ3) is 3.62. The van der Waals surface area contributed by atoms with Crippen LogP contribution in [-0.2, 0) is 0 Å². The fraction of sp³-hybridized carbons (Fsp3) is 0.300. The molecule has 1 amide bonds. The molecule has 0 aliphatic carbocycles. The molecule has 1 aliphatic heterocycles. The van der Waals surface area contributed by atoms with Crippen LogP contribution in [-0.4, -0.2) is 43.6 Å². The largest absolute Gasteiger partial charge is 0.493 e. The maximum absolute atomic E-state index is 13.3. The van der Waals surface area contributed by atoms with E-state index in [-0.39, 0.29) is 5.91 Å². The fourth-order valence-electron chi connectivity index (χ4n) is 3.12. The summed E-state index contributed by atoms with van der Waals surface area (Å²) in [4.78, 5) is 16.6. The first-order valence-electron chi connectivity index (χ1n) is 8.59. The normalized spacial score (nSPS) is 14.0. The third-order valence-corrected chi connectivity index (χ3v) is 4.40. The van der Waals surface area contributed by atoms with Crippen molar-refractivity contribution in [1.82, 2.24) is 4.90 Å². The van der Waals surface area contributed by atoms with Crippen LogP contribution in [0.2, 0.25) is 0 Å². The van der Waals surface area contributed by atoms with Gasteiger partial charge in [0.2, 0.25) is 0 Å². The van der Waals surface area contributed by atoms with Crippen molar-refractivity contribution in [1.29, 1.82) is 5.26 Å². The summed E-state index contributed by atoms with van der Waals surface area (Å²) in [6, 6.07) is 13.5. The van der Waals surface area contributed by atoms with Crippen LogP contribution in [0.3, 0.4) is 0 Å². The summed E-state index contributed by atoms with van der Waals surface area (Å²) in [5.74, 6) is 0.104. The number of halogens is 1. The molecular weight excluding hydrogens is 333 g/mol. The molecule has 134 valence electrons. The highest BCUT2D eigenvalue weighted by molar-refractivity contribution is 5.97. The highest BCUT2D eigenvalue weighted by Crippen LogP contribution is 2.24. The van der Waals surface area contributed by atoms with Crippen molar-refractivity contribution in [2.24, 2.45) is 0 Å². The van der Waals surface area contributed by atoms with E-state index >= 15 is 0 Å². The molecule has 0 aromatic heterocycles. The van der Waals surface area contributed by atoms with Gasteiger partial charge in [-0.2, -0.15) is 5.26 Å². The van der Waals surface area contributed by atoms with Gasteiger partial charge in [-0.05, 0) is 37.3 Å². The molecule has 0 saturated carbocycles. The monoisotopic (exact) mass is 353 g/mol. The van der Waals surface area contributed by atoms with Gasteiger partial charge in [0.1, 0.15) is 17.6 Å². The van der Waals surface area contributed by atoms with E-state index in [1.165, 1.54) is 12.1 Å². The lowest BCUT2D eigenvalue weighted by molar-refractivity contribution is 0.0742. The van der Waals surface area contributed by atoms with E-state index in [1.807, 2.05) is 30.0 Å². The van der Waals surface area contributed by atoms with Gasteiger partial charge >= 0.3 is 0 Å². The van der Waals surface area contributed by atoms with Crippen LogP contribution >= 0.6 is 0 Å². The van der Waals surface area contributed by atoms with Gasteiger partial charge in [-0.1, -0.05) is 12.1 Å². The molecular formula is C20H20FN3O2. The number of hydrogen-bond acceptors (Lipinski definition) is 4. The van der Waals surface area contributed by atoms with Crippen LogP contribution in [0.4, 0.5) is 10.1 Å². The molecule has 0 unspecified atom stereocenters. The Morgan fingerprint density at radius 1 is 1.19 bits per heavy atom. The van der Waals surface area contributed by atoms with E-state index in [9.17, 15) is 14.4 Å². The first-order chi connectivity index (χ1) is 12.6. The zero-order valence-corrected chi connectivity index (χ0v) is 14.6. The molecule has 0 bridgehead atoms. The summed E-state index contributed by atoms with van der Waals surface area (Å²) < 4.78 is 18.9. The predicted molar refractivity (Wildman–Crippen MR) is 96.8 cm³/mol. The van der Waals surface area contributed by atoms with E-state index in [4.69, 9.17) is 4.74 Å². The molecule has 0 radical (unpaired) electrons. The lowest BCUT2D eigenvalue weighted by Crippen LogP contribution is -2.49. The zero-order chi connectivity index (χ0) is 18.5. The zero-order valence-electron chi connectivity index (χ0n) is 14.6. The SMILES string of the molecule is CCOc1ccccc1C(=O)N1CCN(c2ccc(F)cc2C#N)CC1. The van der Waals surface area contributed by atoms with Gasteiger partial charge < -0.3 is 14.5 Å². The Morgan fingerprint density at radius 2 is 1.92 bits per heavy atom. The van der Waals surface area contributed by atoms with Gasteiger partial charge in [0.05, 0.1) is 23.4 Å². The molecule has 1 aliphatic rings. The standard InChI is InChI=1S/C20H20FN3O2/c1-2-26-19-6-4-3-5-17(19)20(25)24-11-9-23(10-12-24)18-8-7-16(21)13-15(18)14-22/h3-8,13H,2,9-12H2,1H3. The molecule has 0 spiro atoms. The molecule has 0 atom stereocenters. The van der Waals surface area contributed by atoms with E-state index in [2.05, 4.69) is 0 Å². The minimum absolute atomic E-state index is 0.0617. The van der Waals surface area contributed by atoms with E-state index in [0.29, 0.717) is 55.3 Å². The highest BCUT2D eigenvalue weighted by atomic mass is 19.1. The highest BCUT2D eigenvalue weighted by Gasteiger charge is 2.25. The van der Waals surface area contributed by atoms with Gasteiger partial charge in [0, 0.05) is 26.2 Å². The number of amides is 1. The van der Waals surface area contributed by atoms with Gasteiger partial charge in [-0.25, -0.2) is 4.39 Å². The number of carbonyl (C=O) groups is 1. The van der Waals surface area contributed by atoms with E-state index in [1.54, 1.807) is 23.1 Å². The molecule has 0 N–H and O–H groups in total. The van der Waals surface area contributed by atoms with Crippen molar-refractivity contribution < 1.29 is 13.9 Å². The van der Waals surface area contributed by atoms with Crippen LogP contribution in [0, 0.1) is 17.1 Å². The van der Waals surface area contributed by atoms with Crippen LogP contribution in [0.1, 0.15) is 22.8 Å². The van der Waals surface area contributed by atoms with Gasteiger partial charge in [0.15, 0.2) is 0 Å². The number of hydrogen-bond donors (Lipinski definition) is 0. The number of benzene rings is 2. The van der Waals surface area contributed by atoms with E-state index < -0.39 is 5.82 Å². The van der Waals surface area contributed by atoms with Crippen LogP contribution in [0.15, 0.2) is 42.5 Å². The van der Waals surface area contributed by atoms with Gasteiger partial charge in [-0.3, -0.25) is 4.79 Å². The second-order valence-electron chi connectivity index (χ2n) is 5.98. The summed E-state index contributed by atoms with van der Waals surface area (Å²) >= 11 is 0. The van der Waals surface area contributed by atoms with Crippen molar-refractivity contribution >= 4 is 11.6 Å². The van der Waals surface area contributed by atoms with Crippen LogP contribution in [0.25, 0.3) is 0 Å². The minimum Gasteiger partial charge on any atom is -0.493 e.